The first-order valence-electron chi connectivity index (χ1n) is 6.25. The van der Waals surface area contributed by atoms with Crippen LogP contribution in [0.15, 0.2) is 0 Å². The summed E-state index contributed by atoms with van der Waals surface area (Å²) < 4.78 is 0. The van der Waals surface area contributed by atoms with Gasteiger partial charge < -0.3 is 4.90 Å². The molecule has 0 aromatic heterocycles. The van der Waals surface area contributed by atoms with E-state index >= 15 is 0 Å². The van der Waals surface area contributed by atoms with Crippen molar-refractivity contribution in [3.63, 3.8) is 0 Å². The van der Waals surface area contributed by atoms with Gasteiger partial charge in [-0.2, -0.15) is 0 Å². The summed E-state index contributed by atoms with van der Waals surface area (Å²) in [4.78, 5) is 5.35. The molecule has 0 unspecified atom stereocenters. The van der Waals surface area contributed by atoms with E-state index in [1.807, 2.05) is 0 Å². The van der Waals surface area contributed by atoms with E-state index in [1.165, 1.54) is 51.9 Å². The first-order valence-corrected chi connectivity index (χ1v) is 6.25. The van der Waals surface area contributed by atoms with Crippen LogP contribution in [-0.4, -0.2) is 48.1 Å². The highest BCUT2D eigenvalue weighted by Gasteiger charge is 2.28. The van der Waals surface area contributed by atoms with Gasteiger partial charge in [0.1, 0.15) is 0 Å². The lowest BCUT2D eigenvalue weighted by molar-refractivity contribution is 0.159. The van der Waals surface area contributed by atoms with Crippen LogP contribution in [0, 0.1) is 0 Å². The highest BCUT2D eigenvalue weighted by atomic mass is 15.2. The maximum absolute atomic E-state index is 2.69. The van der Waals surface area contributed by atoms with Crippen LogP contribution in [0.1, 0.15) is 39.5 Å². The quantitative estimate of drug-likeness (QED) is 0.681. The number of hydrogen-bond acceptors (Lipinski definition) is 2. The van der Waals surface area contributed by atoms with Crippen LogP contribution >= 0.6 is 0 Å². The van der Waals surface area contributed by atoms with Gasteiger partial charge in [0.25, 0.3) is 0 Å². The van der Waals surface area contributed by atoms with Gasteiger partial charge in [-0.05, 0) is 59.2 Å². The van der Waals surface area contributed by atoms with Crippen LogP contribution in [0.3, 0.4) is 0 Å². The molecule has 2 heteroatoms. The van der Waals surface area contributed by atoms with Crippen LogP contribution < -0.4 is 0 Å². The van der Waals surface area contributed by atoms with Crippen LogP contribution in [0.2, 0.25) is 0 Å². The minimum atomic E-state index is 0.741. The average Bonchev–Trinajstić information content (AvgIpc) is 2.75. The zero-order chi connectivity index (χ0) is 9.97. The molecule has 2 saturated heterocycles. The summed E-state index contributed by atoms with van der Waals surface area (Å²) in [6, 6.07) is 1.60. The molecule has 2 aliphatic rings. The van der Waals surface area contributed by atoms with E-state index in [-0.39, 0.29) is 0 Å². The van der Waals surface area contributed by atoms with Crippen LogP contribution in [0.4, 0.5) is 0 Å². The molecule has 0 bridgehead atoms. The third-order valence-corrected chi connectivity index (χ3v) is 3.75. The molecule has 1 atom stereocenters. The van der Waals surface area contributed by atoms with Crippen LogP contribution in [-0.2, 0) is 0 Å². The summed E-state index contributed by atoms with van der Waals surface area (Å²) >= 11 is 0. The summed E-state index contributed by atoms with van der Waals surface area (Å²) in [6.07, 6.45) is 5.69. The van der Waals surface area contributed by atoms with E-state index < -0.39 is 0 Å². The third kappa shape index (κ3) is 2.29. The minimum absolute atomic E-state index is 0.741. The fourth-order valence-corrected chi connectivity index (χ4v) is 3.00. The van der Waals surface area contributed by atoms with Crippen molar-refractivity contribution in [3.05, 3.63) is 0 Å². The van der Waals surface area contributed by atoms with Crippen molar-refractivity contribution in [2.24, 2.45) is 0 Å². The van der Waals surface area contributed by atoms with Gasteiger partial charge in [0.2, 0.25) is 0 Å². The predicted molar refractivity (Wildman–Crippen MR) is 60.5 cm³/mol. The predicted octanol–water partition coefficient (Wildman–Crippen LogP) is 1.96. The number of likely N-dealkylation sites (tertiary alicyclic amines) is 2. The molecule has 2 fully saturated rings. The summed E-state index contributed by atoms with van der Waals surface area (Å²) in [6.45, 7) is 10.0. The molecule has 82 valence electrons. The molecule has 14 heavy (non-hydrogen) atoms. The second kappa shape index (κ2) is 4.63. The molecular formula is C12H24N2. The largest absolute Gasteiger partial charge is 0.302 e. The zero-order valence-electron chi connectivity index (χ0n) is 9.71. The molecule has 2 nitrogen and oxygen atoms in total. The van der Waals surface area contributed by atoms with Crippen molar-refractivity contribution in [2.45, 2.75) is 51.6 Å². The van der Waals surface area contributed by atoms with Crippen molar-refractivity contribution in [3.8, 4) is 0 Å². The van der Waals surface area contributed by atoms with E-state index in [0.29, 0.717) is 0 Å². The Labute approximate surface area is 88.3 Å². The highest BCUT2D eigenvalue weighted by molar-refractivity contribution is 4.85. The number of hydrogen-bond donors (Lipinski definition) is 0. The number of rotatable bonds is 3. The van der Waals surface area contributed by atoms with Gasteiger partial charge in [0.05, 0.1) is 0 Å². The molecule has 0 amide bonds. The standard InChI is InChI=1S/C12H24N2/c1-11(2)14-9-5-6-12(14)10-13-7-3-4-8-13/h11-12H,3-10H2,1-2H3/t12-/m0/s1. The molecule has 0 aromatic rings. The normalized spacial score (nSPS) is 30.6. The van der Waals surface area contributed by atoms with Crippen molar-refractivity contribution >= 4 is 0 Å². The lowest BCUT2D eigenvalue weighted by Gasteiger charge is -2.31. The Hall–Kier alpha value is -0.0800. The number of nitrogens with zero attached hydrogens (tertiary/aromatic N) is 2. The molecule has 0 radical (unpaired) electrons. The van der Waals surface area contributed by atoms with E-state index in [0.717, 1.165) is 12.1 Å². The Morgan fingerprint density at radius 2 is 1.79 bits per heavy atom. The fraction of sp³-hybridized carbons (Fsp3) is 1.00. The minimum Gasteiger partial charge on any atom is -0.302 e. The molecule has 2 aliphatic heterocycles. The molecule has 2 rings (SSSR count). The summed E-state index contributed by atoms with van der Waals surface area (Å²) in [5.74, 6) is 0. The SMILES string of the molecule is CC(C)N1CCC[C@H]1CN1CCCC1. The summed E-state index contributed by atoms with van der Waals surface area (Å²) in [5, 5.41) is 0. The third-order valence-electron chi connectivity index (χ3n) is 3.75. The highest BCUT2D eigenvalue weighted by Crippen LogP contribution is 2.22. The molecule has 0 aliphatic carbocycles. The molecule has 0 aromatic carbocycles. The molecule has 0 N–H and O–H groups in total. The second-order valence-corrected chi connectivity index (χ2v) is 5.14. The Bertz CT molecular complexity index is 173. The van der Waals surface area contributed by atoms with Crippen molar-refractivity contribution < 1.29 is 0 Å². The Kier molecular flexibility index (Phi) is 3.45. The molecular weight excluding hydrogens is 172 g/mol. The van der Waals surface area contributed by atoms with Gasteiger partial charge in [0.15, 0.2) is 0 Å². The second-order valence-electron chi connectivity index (χ2n) is 5.14. The van der Waals surface area contributed by atoms with Gasteiger partial charge in [-0.15, -0.1) is 0 Å². The van der Waals surface area contributed by atoms with Crippen molar-refractivity contribution in [1.29, 1.82) is 0 Å². The van der Waals surface area contributed by atoms with E-state index in [2.05, 4.69) is 23.6 Å². The topological polar surface area (TPSA) is 6.48 Å². The van der Waals surface area contributed by atoms with Gasteiger partial charge >= 0.3 is 0 Å². The lowest BCUT2D eigenvalue weighted by Crippen LogP contribution is -2.42. The van der Waals surface area contributed by atoms with E-state index in [9.17, 15) is 0 Å². The van der Waals surface area contributed by atoms with Gasteiger partial charge in [-0.25, -0.2) is 0 Å². The summed E-state index contributed by atoms with van der Waals surface area (Å²) in [7, 11) is 0. The van der Waals surface area contributed by atoms with Gasteiger partial charge in [-0.1, -0.05) is 0 Å². The van der Waals surface area contributed by atoms with E-state index in [1.54, 1.807) is 0 Å². The first-order chi connectivity index (χ1) is 6.77. The van der Waals surface area contributed by atoms with Gasteiger partial charge in [-0.3, -0.25) is 4.90 Å². The zero-order valence-corrected chi connectivity index (χ0v) is 9.71. The van der Waals surface area contributed by atoms with Crippen molar-refractivity contribution in [1.82, 2.24) is 9.80 Å². The Morgan fingerprint density at radius 3 is 2.43 bits per heavy atom. The fourth-order valence-electron chi connectivity index (χ4n) is 3.00. The maximum atomic E-state index is 2.69. The summed E-state index contributed by atoms with van der Waals surface area (Å²) in [5.41, 5.74) is 0. The van der Waals surface area contributed by atoms with Crippen molar-refractivity contribution in [2.75, 3.05) is 26.2 Å². The Balaban J connectivity index is 1.83. The first kappa shape index (κ1) is 10.4. The van der Waals surface area contributed by atoms with E-state index in [4.69, 9.17) is 0 Å². The molecule has 0 saturated carbocycles. The van der Waals surface area contributed by atoms with Gasteiger partial charge in [0, 0.05) is 18.6 Å². The lowest BCUT2D eigenvalue weighted by atomic mass is 10.2. The van der Waals surface area contributed by atoms with Crippen LogP contribution in [0.25, 0.3) is 0 Å². The smallest absolute Gasteiger partial charge is 0.0226 e. The average molecular weight is 196 g/mol. The molecule has 2 heterocycles. The maximum Gasteiger partial charge on any atom is 0.0226 e. The monoisotopic (exact) mass is 196 g/mol. The van der Waals surface area contributed by atoms with Crippen LogP contribution in [0.5, 0.6) is 0 Å². The molecule has 0 spiro atoms. The Morgan fingerprint density at radius 1 is 1.07 bits per heavy atom.